The Kier molecular flexibility index (Phi) is 5.39. The van der Waals surface area contributed by atoms with E-state index in [1.54, 1.807) is 0 Å². The molecule has 1 atom stereocenters. The lowest BCUT2D eigenvalue weighted by Crippen LogP contribution is -2.45. The number of hydrogen-bond donors (Lipinski definition) is 2. The van der Waals surface area contributed by atoms with E-state index in [9.17, 15) is 13.2 Å². The Bertz CT molecular complexity index is 427. The fourth-order valence-electron chi connectivity index (χ4n) is 2.61. The number of hydrogen-bond acceptors (Lipinski definition) is 3. The van der Waals surface area contributed by atoms with Gasteiger partial charge in [-0.05, 0) is 30.5 Å². The number of aliphatic hydroxyl groups excluding tert-OH is 1. The van der Waals surface area contributed by atoms with Gasteiger partial charge in [0, 0.05) is 38.8 Å². The molecule has 1 aliphatic heterocycles. The van der Waals surface area contributed by atoms with Gasteiger partial charge in [-0.15, -0.1) is 0 Å². The fraction of sp³-hybridized carbons (Fsp3) is 0.571. The molecule has 1 saturated heterocycles. The van der Waals surface area contributed by atoms with E-state index in [0.29, 0.717) is 18.4 Å². The van der Waals surface area contributed by atoms with Crippen molar-refractivity contribution >= 4 is 0 Å². The molecule has 20 heavy (non-hydrogen) atoms. The molecule has 1 aliphatic rings. The zero-order chi connectivity index (χ0) is 14.5. The monoisotopic (exact) mass is 288 g/mol. The topological polar surface area (TPSA) is 35.5 Å². The molecule has 3 nitrogen and oxygen atoms in total. The minimum absolute atomic E-state index is 0.0226. The second-order valence-corrected chi connectivity index (χ2v) is 4.97. The Morgan fingerprint density at radius 1 is 1.15 bits per heavy atom. The van der Waals surface area contributed by atoms with E-state index in [1.807, 2.05) is 0 Å². The van der Waals surface area contributed by atoms with E-state index < -0.39 is 17.5 Å². The molecule has 1 aromatic carbocycles. The lowest BCUT2D eigenvalue weighted by molar-refractivity contribution is 0.154. The molecule has 0 radical (unpaired) electrons. The van der Waals surface area contributed by atoms with E-state index in [1.165, 1.54) is 0 Å². The minimum Gasteiger partial charge on any atom is -0.396 e. The van der Waals surface area contributed by atoms with Gasteiger partial charge in [-0.2, -0.15) is 0 Å². The third kappa shape index (κ3) is 3.50. The van der Waals surface area contributed by atoms with Crippen molar-refractivity contribution < 1.29 is 18.3 Å². The summed E-state index contributed by atoms with van der Waals surface area (Å²) < 4.78 is 39.8. The Hall–Kier alpha value is -1.11. The van der Waals surface area contributed by atoms with Crippen LogP contribution in [-0.4, -0.2) is 42.8 Å². The van der Waals surface area contributed by atoms with Crippen LogP contribution in [0.1, 0.15) is 24.4 Å². The Labute approximate surface area is 116 Å². The van der Waals surface area contributed by atoms with E-state index in [0.717, 1.165) is 38.3 Å². The van der Waals surface area contributed by atoms with Crippen molar-refractivity contribution in [1.29, 1.82) is 0 Å². The number of halogens is 3. The maximum Gasteiger partial charge on any atom is 0.194 e. The van der Waals surface area contributed by atoms with Crippen LogP contribution in [0.5, 0.6) is 0 Å². The summed E-state index contributed by atoms with van der Waals surface area (Å²) in [5, 5.41) is 12.2. The van der Waals surface area contributed by atoms with E-state index in [4.69, 9.17) is 5.11 Å². The molecule has 0 unspecified atom stereocenters. The Morgan fingerprint density at radius 2 is 1.75 bits per heavy atom. The van der Waals surface area contributed by atoms with Gasteiger partial charge in [-0.1, -0.05) is 0 Å². The molecule has 0 spiro atoms. The predicted octanol–water partition coefficient (Wildman–Crippen LogP) is 1.82. The first-order valence-corrected chi connectivity index (χ1v) is 6.83. The molecule has 6 heteroatoms. The predicted molar refractivity (Wildman–Crippen MR) is 69.8 cm³/mol. The van der Waals surface area contributed by atoms with Gasteiger partial charge in [0.05, 0.1) is 0 Å². The zero-order valence-electron chi connectivity index (χ0n) is 11.2. The second-order valence-electron chi connectivity index (χ2n) is 4.97. The van der Waals surface area contributed by atoms with Crippen LogP contribution in [0.25, 0.3) is 0 Å². The number of benzene rings is 1. The highest BCUT2D eigenvalue weighted by atomic mass is 19.2. The maximum atomic E-state index is 13.4. The van der Waals surface area contributed by atoms with Gasteiger partial charge in [-0.3, -0.25) is 4.90 Å². The summed E-state index contributed by atoms with van der Waals surface area (Å²) in [5.74, 6) is -3.76. The SMILES string of the molecule is OCCC[C@H](c1cc(F)c(F)c(F)c1)N1CCNCC1. The average Bonchev–Trinajstić information content (AvgIpc) is 2.46. The van der Waals surface area contributed by atoms with E-state index in [-0.39, 0.29) is 12.6 Å². The average molecular weight is 288 g/mol. The smallest absolute Gasteiger partial charge is 0.194 e. The Balaban J connectivity index is 2.25. The van der Waals surface area contributed by atoms with Gasteiger partial charge in [0.1, 0.15) is 0 Å². The summed E-state index contributed by atoms with van der Waals surface area (Å²) in [6, 6.07) is 1.92. The molecule has 0 aromatic heterocycles. The van der Waals surface area contributed by atoms with Crippen LogP contribution in [0, 0.1) is 17.5 Å². The van der Waals surface area contributed by atoms with Crippen LogP contribution in [0.3, 0.4) is 0 Å². The van der Waals surface area contributed by atoms with Gasteiger partial charge in [0.15, 0.2) is 17.5 Å². The quantitative estimate of drug-likeness (QED) is 0.811. The van der Waals surface area contributed by atoms with Crippen LogP contribution in [-0.2, 0) is 0 Å². The van der Waals surface area contributed by atoms with Crippen molar-refractivity contribution in [2.24, 2.45) is 0 Å². The van der Waals surface area contributed by atoms with Crippen molar-refractivity contribution in [3.8, 4) is 0 Å². The first kappa shape index (κ1) is 15.3. The maximum absolute atomic E-state index is 13.4. The Morgan fingerprint density at radius 3 is 2.30 bits per heavy atom. The van der Waals surface area contributed by atoms with Gasteiger partial charge in [0.2, 0.25) is 0 Å². The van der Waals surface area contributed by atoms with Crippen LogP contribution in [0.4, 0.5) is 13.2 Å². The summed E-state index contributed by atoms with van der Waals surface area (Å²) in [5.41, 5.74) is 0.428. The molecule has 1 heterocycles. The third-order valence-corrected chi connectivity index (χ3v) is 3.62. The van der Waals surface area contributed by atoms with Crippen molar-refractivity contribution in [3.05, 3.63) is 35.1 Å². The molecule has 1 fully saturated rings. The minimum atomic E-state index is -1.44. The van der Waals surface area contributed by atoms with Crippen molar-refractivity contribution in [3.63, 3.8) is 0 Å². The normalized spacial score (nSPS) is 18.2. The van der Waals surface area contributed by atoms with E-state index in [2.05, 4.69) is 10.2 Å². The molecule has 1 aromatic rings. The summed E-state index contributed by atoms with van der Waals surface area (Å²) in [7, 11) is 0. The molecular weight excluding hydrogens is 269 g/mol. The highest BCUT2D eigenvalue weighted by Gasteiger charge is 2.24. The van der Waals surface area contributed by atoms with Crippen molar-refractivity contribution in [1.82, 2.24) is 10.2 Å². The standard InChI is InChI=1S/C14H19F3N2O/c15-11-8-10(9-12(16)14(11)17)13(2-1-7-20)19-5-3-18-4-6-19/h8-9,13,18,20H,1-7H2/t13-/m1/s1. The summed E-state index contributed by atoms with van der Waals surface area (Å²) >= 11 is 0. The number of aliphatic hydroxyl groups is 1. The van der Waals surface area contributed by atoms with E-state index >= 15 is 0 Å². The third-order valence-electron chi connectivity index (χ3n) is 3.62. The number of nitrogens with zero attached hydrogens (tertiary/aromatic N) is 1. The highest BCUT2D eigenvalue weighted by molar-refractivity contribution is 5.23. The van der Waals surface area contributed by atoms with Gasteiger partial charge in [0.25, 0.3) is 0 Å². The zero-order valence-corrected chi connectivity index (χ0v) is 11.2. The second kappa shape index (κ2) is 7.06. The lowest BCUT2D eigenvalue weighted by atomic mass is 9.99. The molecule has 112 valence electrons. The first-order chi connectivity index (χ1) is 9.63. The van der Waals surface area contributed by atoms with Gasteiger partial charge < -0.3 is 10.4 Å². The van der Waals surface area contributed by atoms with Crippen LogP contribution >= 0.6 is 0 Å². The fourth-order valence-corrected chi connectivity index (χ4v) is 2.61. The molecule has 0 amide bonds. The molecular formula is C14H19F3N2O. The first-order valence-electron chi connectivity index (χ1n) is 6.83. The lowest BCUT2D eigenvalue weighted by Gasteiger charge is -2.35. The van der Waals surface area contributed by atoms with Gasteiger partial charge in [-0.25, -0.2) is 13.2 Å². The van der Waals surface area contributed by atoms with Crippen LogP contribution in [0.2, 0.25) is 0 Å². The number of piperazine rings is 1. The molecule has 0 aliphatic carbocycles. The van der Waals surface area contributed by atoms with Gasteiger partial charge >= 0.3 is 0 Å². The number of nitrogens with one attached hydrogen (secondary N) is 1. The molecule has 0 saturated carbocycles. The largest absolute Gasteiger partial charge is 0.396 e. The molecule has 2 rings (SSSR count). The van der Waals surface area contributed by atoms with Crippen molar-refractivity contribution in [2.45, 2.75) is 18.9 Å². The molecule has 0 bridgehead atoms. The number of rotatable bonds is 5. The van der Waals surface area contributed by atoms with Crippen molar-refractivity contribution in [2.75, 3.05) is 32.8 Å². The molecule has 2 N–H and O–H groups in total. The summed E-state index contributed by atoms with van der Waals surface area (Å²) in [6.07, 6.45) is 1.12. The highest BCUT2D eigenvalue weighted by Crippen LogP contribution is 2.28. The summed E-state index contributed by atoms with van der Waals surface area (Å²) in [6.45, 7) is 3.16. The summed E-state index contributed by atoms with van der Waals surface area (Å²) in [4.78, 5) is 2.11. The van der Waals surface area contributed by atoms with Crippen LogP contribution < -0.4 is 5.32 Å². The van der Waals surface area contributed by atoms with Crippen LogP contribution in [0.15, 0.2) is 12.1 Å².